The molecule has 1 aromatic carbocycles. The first-order chi connectivity index (χ1) is 14.2. The van der Waals surface area contributed by atoms with E-state index in [0.29, 0.717) is 37.2 Å². The SMILES string of the molecule is O=C(c1cnc2ccccc2n1)N1CCC(Cn2nc(C3CC3)ccc2=O)CC1. The van der Waals surface area contributed by atoms with Gasteiger partial charge in [0, 0.05) is 31.6 Å². The first-order valence-electron chi connectivity index (χ1n) is 10.3. The van der Waals surface area contributed by atoms with Crippen LogP contribution < -0.4 is 5.56 Å². The molecule has 2 aliphatic rings. The number of rotatable bonds is 4. The fourth-order valence-electron chi connectivity index (χ4n) is 3.98. The summed E-state index contributed by atoms with van der Waals surface area (Å²) in [5.74, 6) is 0.804. The van der Waals surface area contributed by atoms with Crippen LogP contribution in [0.3, 0.4) is 0 Å². The highest BCUT2D eigenvalue weighted by atomic mass is 16.2. The molecule has 7 heteroatoms. The van der Waals surface area contributed by atoms with E-state index < -0.39 is 0 Å². The number of amides is 1. The van der Waals surface area contributed by atoms with Crippen LogP contribution in [0.5, 0.6) is 0 Å². The molecule has 1 aliphatic carbocycles. The maximum atomic E-state index is 12.8. The number of nitrogens with zero attached hydrogens (tertiary/aromatic N) is 5. The van der Waals surface area contributed by atoms with Crippen molar-refractivity contribution in [1.29, 1.82) is 0 Å². The van der Waals surface area contributed by atoms with Crippen molar-refractivity contribution in [1.82, 2.24) is 24.6 Å². The first kappa shape index (κ1) is 18.0. The van der Waals surface area contributed by atoms with Crippen LogP contribution in [0.15, 0.2) is 47.4 Å². The average Bonchev–Trinajstić information content (AvgIpc) is 3.60. The molecule has 0 radical (unpaired) electrons. The zero-order chi connectivity index (χ0) is 19.8. The lowest BCUT2D eigenvalue weighted by molar-refractivity contribution is 0.0674. The van der Waals surface area contributed by atoms with Gasteiger partial charge in [-0.1, -0.05) is 12.1 Å². The van der Waals surface area contributed by atoms with Gasteiger partial charge in [0.05, 0.1) is 22.9 Å². The molecule has 0 N–H and O–H groups in total. The molecule has 7 nitrogen and oxygen atoms in total. The molecule has 3 aromatic rings. The largest absolute Gasteiger partial charge is 0.337 e. The van der Waals surface area contributed by atoms with Crippen LogP contribution in [0.2, 0.25) is 0 Å². The van der Waals surface area contributed by atoms with Crippen molar-refractivity contribution in [2.75, 3.05) is 13.1 Å². The van der Waals surface area contributed by atoms with Gasteiger partial charge >= 0.3 is 0 Å². The summed E-state index contributed by atoms with van der Waals surface area (Å²) in [6, 6.07) is 11.1. The van der Waals surface area contributed by atoms with Gasteiger partial charge in [0.25, 0.3) is 11.5 Å². The quantitative estimate of drug-likeness (QED) is 0.685. The van der Waals surface area contributed by atoms with E-state index in [-0.39, 0.29) is 11.5 Å². The Balaban J connectivity index is 1.23. The number of hydrogen-bond acceptors (Lipinski definition) is 5. The van der Waals surface area contributed by atoms with Crippen molar-refractivity contribution >= 4 is 16.9 Å². The number of para-hydroxylation sites is 2. The molecule has 1 saturated carbocycles. The number of aromatic nitrogens is 4. The Morgan fingerprint density at radius 3 is 2.52 bits per heavy atom. The van der Waals surface area contributed by atoms with E-state index in [0.717, 1.165) is 29.6 Å². The minimum absolute atomic E-state index is 0.0423. The van der Waals surface area contributed by atoms with Gasteiger partial charge in [-0.2, -0.15) is 5.10 Å². The van der Waals surface area contributed by atoms with E-state index in [9.17, 15) is 9.59 Å². The van der Waals surface area contributed by atoms with Gasteiger partial charge in [-0.25, -0.2) is 9.67 Å². The molecular weight excluding hydrogens is 366 g/mol. The Bertz CT molecular complexity index is 1110. The van der Waals surface area contributed by atoms with Crippen molar-refractivity contribution in [2.24, 2.45) is 5.92 Å². The minimum Gasteiger partial charge on any atom is -0.337 e. The molecule has 29 heavy (non-hydrogen) atoms. The van der Waals surface area contributed by atoms with Gasteiger partial charge < -0.3 is 4.90 Å². The molecular formula is C22H23N5O2. The minimum atomic E-state index is -0.0762. The normalized spacial score (nSPS) is 17.6. The maximum absolute atomic E-state index is 12.8. The van der Waals surface area contributed by atoms with E-state index in [1.807, 2.05) is 35.2 Å². The van der Waals surface area contributed by atoms with Crippen LogP contribution in [0, 0.1) is 5.92 Å². The molecule has 0 atom stereocenters. The van der Waals surface area contributed by atoms with E-state index in [1.165, 1.54) is 12.8 Å². The highest BCUT2D eigenvalue weighted by molar-refractivity contribution is 5.93. The second-order valence-electron chi connectivity index (χ2n) is 8.03. The van der Waals surface area contributed by atoms with Crippen LogP contribution in [0.25, 0.3) is 11.0 Å². The average molecular weight is 389 g/mol. The molecule has 0 bridgehead atoms. The molecule has 3 heterocycles. The van der Waals surface area contributed by atoms with Gasteiger partial charge in [-0.15, -0.1) is 0 Å². The number of fused-ring (bicyclic) bond motifs is 1. The van der Waals surface area contributed by atoms with Crippen LogP contribution >= 0.6 is 0 Å². The molecule has 1 saturated heterocycles. The van der Waals surface area contributed by atoms with Gasteiger partial charge in [0.2, 0.25) is 0 Å². The molecule has 0 unspecified atom stereocenters. The number of piperidine rings is 1. The smallest absolute Gasteiger partial charge is 0.274 e. The van der Waals surface area contributed by atoms with Crippen LogP contribution in [-0.4, -0.2) is 43.6 Å². The molecule has 1 aliphatic heterocycles. The van der Waals surface area contributed by atoms with Crippen molar-refractivity contribution < 1.29 is 4.79 Å². The van der Waals surface area contributed by atoms with Crippen LogP contribution in [0.1, 0.15) is 47.8 Å². The lowest BCUT2D eigenvalue weighted by Crippen LogP contribution is -2.40. The Hall–Kier alpha value is -3.09. The third-order valence-electron chi connectivity index (χ3n) is 5.88. The van der Waals surface area contributed by atoms with Crippen molar-refractivity contribution in [3.63, 3.8) is 0 Å². The predicted molar refractivity (Wildman–Crippen MR) is 109 cm³/mol. The van der Waals surface area contributed by atoms with E-state index >= 15 is 0 Å². The topological polar surface area (TPSA) is 81.0 Å². The number of carbonyl (C=O) groups is 1. The fourth-order valence-corrected chi connectivity index (χ4v) is 3.98. The summed E-state index contributed by atoms with van der Waals surface area (Å²) >= 11 is 0. The van der Waals surface area contributed by atoms with Crippen LogP contribution in [0.4, 0.5) is 0 Å². The summed E-state index contributed by atoms with van der Waals surface area (Å²) < 4.78 is 1.62. The molecule has 0 spiro atoms. The maximum Gasteiger partial charge on any atom is 0.274 e. The Labute approximate surface area is 168 Å². The standard InChI is InChI=1S/C22H23N5O2/c28-21-8-7-17(16-5-6-16)25-27(21)14-15-9-11-26(12-10-15)22(29)20-13-23-18-3-1-2-4-19(18)24-20/h1-4,7-8,13,15-16H,5-6,9-12,14H2. The molecule has 2 aromatic heterocycles. The van der Waals surface area contributed by atoms with Gasteiger partial charge in [0.15, 0.2) is 0 Å². The van der Waals surface area contributed by atoms with Gasteiger partial charge in [0.1, 0.15) is 5.69 Å². The monoisotopic (exact) mass is 389 g/mol. The zero-order valence-electron chi connectivity index (χ0n) is 16.2. The predicted octanol–water partition coefficient (Wildman–Crippen LogP) is 2.62. The number of hydrogen-bond donors (Lipinski definition) is 0. The highest BCUT2D eigenvalue weighted by Gasteiger charge is 2.27. The van der Waals surface area contributed by atoms with E-state index in [4.69, 9.17) is 0 Å². The Morgan fingerprint density at radius 1 is 1.00 bits per heavy atom. The summed E-state index contributed by atoms with van der Waals surface area (Å²) in [4.78, 5) is 35.7. The zero-order valence-corrected chi connectivity index (χ0v) is 16.2. The second-order valence-corrected chi connectivity index (χ2v) is 8.03. The van der Waals surface area contributed by atoms with Gasteiger partial charge in [-0.3, -0.25) is 14.6 Å². The Morgan fingerprint density at radius 2 is 1.76 bits per heavy atom. The van der Waals surface area contributed by atoms with Crippen molar-refractivity contribution in [3.05, 3.63) is 64.3 Å². The first-order valence-corrected chi connectivity index (χ1v) is 10.3. The fraction of sp³-hybridized carbons (Fsp3) is 0.409. The number of benzene rings is 1. The van der Waals surface area contributed by atoms with E-state index in [2.05, 4.69) is 15.1 Å². The summed E-state index contributed by atoms with van der Waals surface area (Å²) in [5, 5.41) is 4.56. The molecule has 2 fully saturated rings. The second kappa shape index (κ2) is 7.39. The van der Waals surface area contributed by atoms with Crippen molar-refractivity contribution in [3.8, 4) is 0 Å². The Kier molecular flexibility index (Phi) is 4.58. The lowest BCUT2D eigenvalue weighted by Gasteiger charge is -2.31. The van der Waals surface area contributed by atoms with Gasteiger partial charge in [-0.05, 0) is 49.8 Å². The third kappa shape index (κ3) is 3.77. The van der Waals surface area contributed by atoms with Crippen LogP contribution in [-0.2, 0) is 6.54 Å². The van der Waals surface area contributed by atoms with E-state index in [1.54, 1.807) is 16.9 Å². The number of likely N-dealkylation sites (tertiary alicyclic amines) is 1. The van der Waals surface area contributed by atoms with Crippen molar-refractivity contribution in [2.45, 2.75) is 38.1 Å². The molecule has 5 rings (SSSR count). The summed E-state index contributed by atoms with van der Waals surface area (Å²) in [6.07, 6.45) is 5.61. The highest BCUT2D eigenvalue weighted by Crippen LogP contribution is 2.38. The third-order valence-corrected chi connectivity index (χ3v) is 5.88. The molecule has 1 amide bonds. The summed E-state index contributed by atoms with van der Waals surface area (Å²) in [5.41, 5.74) is 2.90. The summed E-state index contributed by atoms with van der Waals surface area (Å²) in [7, 11) is 0. The summed E-state index contributed by atoms with van der Waals surface area (Å²) in [6.45, 7) is 1.95. The number of carbonyl (C=O) groups excluding carboxylic acids is 1. The lowest BCUT2D eigenvalue weighted by atomic mass is 9.96. The molecule has 148 valence electrons.